The lowest BCUT2D eigenvalue weighted by Gasteiger charge is -2.30. The lowest BCUT2D eigenvalue weighted by atomic mass is 9.97. The zero-order valence-corrected chi connectivity index (χ0v) is 15.6. The minimum Gasteiger partial charge on any atom is -0.506 e. The van der Waals surface area contributed by atoms with Gasteiger partial charge in [-0.3, -0.25) is 9.69 Å². The maximum Gasteiger partial charge on any atom is 0.326 e. The quantitative estimate of drug-likeness (QED) is 0.739. The van der Waals surface area contributed by atoms with Crippen molar-refractivity contribution < 1.29 is 22.7 Å². The third-order valence-electron chi connectivity index (χ3n) is 4.89. The van der Waals surface area contributed by atoms with Crippen molar-refractivity contribution in [3.8, 4) is 5.75 Å². The predicted octanol–water partition coefficient (Wildman–Crippen LogP) is 0.103. The van der Waals surface area contributed by atoms with Gasteiger partial charge in [0.2, 0.25) is 0 Å². The first kappa shape index (κ1) is 18.6. The molecule has 2 aliphatic heterocycles. The van der Waals surface area contributed by atoms with Crippen molar-refractivity contribution >= 4 is 21.8 Å². The Bertz CT molecular complexity index is 1030. The molecule has 4 rings (SSSR count). The summed E-state index contributed by atoms with van der Waals surface area (Å²) >= 11 is 0. The second kappa shape index (κ2) is 6.99. The SMILES string of the molecule is O=C1CN(c2c(O)cc3c(c2F)CN(CCc2cncnc2)CC3)S(=O)(=O)N1. The van der Waals surface area contributed by atoms with E-state index in [1.165, 1.54) is 12.4 Å². The number of amides is 1. The second-order valence-corrected chi connectivity index (χ2v) is 8.35. The molecule has 28 heavy (non-hydrogen) atoms. The number of aromatic hydroxyl groups is 1. The number of aromatic nitrogens is 2. The second-order valence-electron chi connectivity index (χ2n) is 6.76. The van der Waals surface area contributed by atoms with Gasteiger partial charge in [0.25, 0.3) is 5.91 Å². The molecule has 1 amide bonds. The van der Waals surface area contributed by atoms with Gasteiger partial charge in [0.1, 0.15) is 24.3 Å². The van der Waals surface area contributed by atoms with Crippen molar-refractivity contribution in [3.05, 3.63) is 47.3 Å². The molecular weight excluding hydrogens is 389 g/mol. The number of phenolic OH excluding ortho intramolecular Hbond substituents is 1. The molecule has 0 radical (unpaired) electrons. The predicted molar refractivity (Wildman–Crippen MR) is 97.2 cm³/mol. The Morgan fingerprint density at radius 3 is 2.68 bits per heavy atom. The highest BCUT2D eigenvalue weighted by molar-refractivity contribution is 7.92. The van der Waals surface area contributed by atoms with E-state index in [4.69, 9.17) is 0 Å². The van der Waals surface area contributed by atoms with Crippen LogP contribution in [0.4, 0.5) is 10.1 Å². The van der Waals surface area contributed by atoms with Gasteiger partial charge in [-0.05, 0) is 30.0 Å². The van der Waals surface area contributed by atoms with E-state index in [0.29, 0.717) is 41.4 Å². The van der Waals surface area contributed by atoms with Crippen LogP contribution in [0.2, 0.25) is 0 Å². The Morgan fingerprint density at radius 1 is 1.25 bits per heavy atom. The molecule has 2 aromatic rings. The molecule has 0 unspecified atom stereocenters. The summed E-state index contributed by atoms with van der Waals surface area (Å²) in [6.07, 6.45) is 6.13. The van der Waals surface area contributed by atoms with Gasteiger partial charge in [-0.2, -0.15) is 8.42 Å². The largest absolute Gasteiger partial charge is 0.506 e. The van der Waals surface area contributed by atoms with Gasteiger partial charge in [-0.15, -0.1) is 0 Å². The van der Waals surface area contributed by atoms with Crippen LogP contribution >= 0.6 is 0 Å². The average molecular weight is 407 g/mol. The number of fused-ring (bicyclic) bond motifs is 1. The van der Waals surface area contributed by atoms with Crippen LogP contribution in [0, 0.1) is 5.82 Å². The van der Waals surface area contributed by atoms with Gasteiger partial charge >= 0.3 is 10.2 Å². The number of carbonyl (C=O) groups excluding carboxylic acids is 1. The van der Waals surface area contributed by atoms with E-state index in [2.05, 4.69) is 9.97 Å². The van der Waals surface area contributed by atoms with Gasteiger partial charge in [0.05, 0.1) is 0 Å². The van der Waals surface area contributed by atoms with Crippen LogP contribution in [0.3, 0.4) is 0 Å². The fraction of sp³-hybridized carbons (Fsp3) is 0.353. The van der Waals surface area contributed by atoms with Crippen molar-refractivity contribution in [1.29, 1.82) is 0 Å². The van der Waals surface area contributed by atoms with E-state index < -0.39 is 39.9 Å². The van der Waals surface area contributed by atoms with Crippen molar-refractivity contribution in [2.75, 3.05) is 23.9 Å². The molecule has 0 spiro atoms. The van der Waals surface area contributed by atoms with E-state index in [9.17, 15) is 18.3 Å². The normalized spacial score (nSPS) is 18.8. The molecule has 9 nitrogen and oxygen atoms in total. The molecule has 1 fully saturated rings. The Balaban J connectivity index is 1.60. The standard InChI is InChI=1S/C17H18FN5O4S/c18-16-13-8-22(3-1-11-6-19-10-20-7-11)4-2-12(13)5-14(24)17(16)23-9-15(25)21-28(23,26)27/h5-7,10,24H,1-4,8-9H2,(H,21,25). The molecule has 11 heteroatoms. The van der Waals surface area contributed by atoms with E-state index in [1.54, 1.807) is 17.1 Å². The summed E-state index contributed by atoms with van der Waals surface area (Å²) in [4.78, 5) is 21.5. The number of hydrogen-bond acceptors (Lipinski definition) is 7. The van der Waals surface area contributed by atoms with E-state index in [1.807, 2.05) is 4.90 Å². The Kier molecular flexibility index (Phi) is 4.63. The summed E-state index contributed by atoms with van der Waals surface area (Å²) in [6, 6.07) is 1.38. The highest BCUT2D eigenvalue weighted by Gasteiger charge is 2.38. The van der Waals surface area contributed by atoms with E-state index in [-0.39, 0.29) is 6.54 Å². The van der Waals surface area contributed by atoms with Crippen molar-refractivity contribution in [3.63, 3.8) is 0 Å². The van der Waals surface area contributed by atoms with E-state index >= 15 is 4.39 Å². The number of nitrogens with zero attached hydrogens (tertiary/aromatic N) is 4. The molecule has 2 aliphatic rings. The molecule has 1 saturated heterocycles. The molecule has 0 saturated carbocycles. The third-order valence-corrected chi connectivity index (χ3v) is 6.27. The average Bonchev–Trinajstić information content (AvgIpc) is 2.93. The molecule has 3 heterocycles. The van der Waals surface area contributed by atoms with Crippen LogP contribution in [0.15, 0.2) is 24.8 Å². The van der Waals surface area contributed by atoms with Gasteiger partial charge in [0.15, 0.2) is 5.82 Å². The van der Waals surface area contributed by atoms with Gasteiger partial charge in [0, 0.05) is 37.6 Å². The fourth-order valence-corrected chi connectivity index (χ4v) is 4.68. The van der Waals surface area contributed by atoms with Crippen molar-refractivity contribution in [2.45, 2.75) is 19.4 Å². The highest BCUT2D eigenvalue weighted by Crippen LogP contribution is 2.38. The summed E-state index contributed by atoms with van der Waals surface area (Å²) in [5.74, 6) is -2.09. The lowest BCUT2D eigenvalue weighted by molar-refractivity contribution is -0.117. The number of anilines is 1. The lowest BCUT2D eigenvalue weighted by Crippen LogP contribution is -2.34. The number of benzene rings is 1. The minimum atomic E-state index is -4.21. The van der Waals surface area contributed by atoms with Crippen LogP contribution in [0.5, 0.6) is 5.75 Å². The summed E-state index contributed by atoms with van der Waals surface area (Å²) in [5, 5.41) is 10.2. The first-order valence-corrected chi connectivity index (χ1v) is 10.1. The van der Waals surface area contributed by atoms with E-state index in [0.717, 1.165) is 5.56 Å². The zero-order valence-electron chi connectivity index (χ0n) is 14.8. The number of nitrogens with one attached hydrogen (secondary N) is 1. The van der Waals surface area contributed by atoms with Crippen molar-refractivity contribution in [1.82, 2.24) is 19.6 Å². The first-order chi connectivity index (χ1) is 13.3. The molecule has 2 N–H and O–H groups in total. The number of phenols is 1. The molecule has 0 aliphatic carbocycles. The number of rotatable bonds is 4. The Labute approximate surface area is 161 Å². The minimum absolute atomic E-state index is 0.275. The molecule has 1 aromatic heterocycles. The van der Waals surface area contributed by atoms with Crippen LogP contribution < -0.4 is 9.03 Å². The van der Waals surface area contributed by atoms with Gasteiger partial charge < -0.3 is 5.11 Å². The van der Waals surface area contributed by atoms with Crippen LogP contribution in [0.25, 0.3) is 0 Å². The van der Waals surface area contributed by atoms with Crippen molar-refractivity contribution in [2.24, 2.45) is 0 Å². The smallest absolute Gasteiger partial charge is 0.326 e. The summed E-state index contributed by atoms with van der Waals surface area (Å²) in [6.45, 7) is 1.05. The molecular formula is C17H18FN5O4S. The van der Waals surface area contributed by atoms with Crippen LogP contribution in [0.1, 0.15) is 16.7 Å². The highest BCUT2D eigenvalue weighted by atomic mass is 32.2. The monoisotopic (exact) mass is 407 g/mol. The zero-order chi connectivity index (χ0) is 19.9. The first-order valence-electron chi connectivity index (χ1n) is 8.68. The Hall–Kier alpha value is -2.79. The summed E-state index contributed by atoms with van der Waals surface area (Å²) in [7, 11) is -4.21. The summed E-state index contributed by atoms with van der Waals surface area (Å²) < 4.78 is 41.7. The molecule has 0 atom stereocenters. The van der Waals surface area contributed by atoms with Crippen LogP contribution in [-0.4, -0.2) is 53.9 Å². The van der Waals surface area contributed by atoms with Gasteiger partial charge in [-0.25, -0.2) is 23.4 Å². The third kappa shape index (κ3) is 3.38. The fourth-order valence-electron chi connectivity index (χ4n) is 3.51. The number of hydrogen-bond donors (Lipinski definition) is 2. The number of halogens is 1. The summed E-state index contributed by atoms with van der Waals surface area (Å²) in [5.41, 5.74) is 1.44. The molecule has 148 valence electrons. The van der Waals surface area contributed by atoms with Crippen LogP contribution in [-0.2, 0) is 34.4 Å². The molecule has 1 aromatic carbocycles. The maximum atomic E-state index is 15.2. The topological polar surface area (TPSA) is 116 Å². The molecule has 0 bridgehead atoms. The van der Waals surface area contributed by atoms with Gasteiger partial charge in [-0.1, -0.05) is 0 Å². The maximum absolute atomic E-state index is 15.2. The Morgan fingerprint density at radius 2 is 2.00 bits per heavy atom. The number of carbonyl (C=O) groups is 1.